The number of nitrogens with zero attached hydrogens (tertiary/aromatic N) is 2. The molecule has 32 heavy (non-hydrogen) atoms. The van der Waals surface area contributed by atoms with Crippen LogP contribution in [0.25, 0.3) is 6.08 Å². The highest BCUT2D eigenvalue weighted by Gasteiger charge is 2.39. The number of ether oxygens (including phenoxy) is 2. The number of aliphatic carboxylic acids is 1. The molecule has 0 aromatic heterocycles. The molecule has 0 unspecified atom stereocenters. The van der Waals surface area contributed by atoms with Crippen LogP contribution in [0.5, 0.6) is 11.5 Å². The molecule has 2 N–H and O–H groups in total. The van der Waals surface area contributed by atoms with Gasteiger partial charge in [0.2, 0.25) is 0 Å². The molecule has 1 aliphatic heterocycles. The van der Waals surface area contributed by atoms with Crippen LogP contribution in [0.1, 0.15) is 19.4 Å². The summed E-state index contributed by atoms with van der Waals surface area (Å²) >= 11 is 5.91. The molecule has 0 spiro atoms. The van der Waals surface area contributed by atoms with Crippen LogP contribution in [0.15, 0.2) is 53.0 Å². The highest BCUT2D eigenvalue weighted by molar-refractivity contribution is 6.30. The number of carboxylic acids is 1. The number of halogens is 1. The largest absolute Gasteiger partial charge is 0.493 e. The predicted molar refractivity (Wildman–Crippen MR) is 121 cm³/mol. The number of benzene rings is 2. The number of carbonyl (C=O) groups excluding carboxylic acids is 1. The standard InChI is InChI=1S/C23H23ClN2O6/c1-4-26-21(25-16-8-6-15(24)7-9-16)20(27)17(22(26)28)11-14-5-10-18(19(12-14)31-3)32-13(2)23(29)30/h5-13,20,27H,4H2,1-3H3,(H,29,30)/b17-11+,25-21?/t13-,20+/m1/s1. The molecule has 1 heterocycles. The van der Waals surface area contributed by atoms with Gasteiger partial charge in [0, 0.05) is 11.6 Å². The summed E-state index contributed by atoms with van der Waals surface area (Å²) in [5.74, 6) is -0.678. The van der Waals surface area contributed by atoms with Crippen LogP contribution in [0.4, 0.5) is 5.69 Å². The van der Waals surface area contributed by atoms with E-state index in [1.807, 2.05) is 0 Å². The fraction of sp³-hybridized carbons (Fsp3) is 0.261. The summed E-state index contributed by atoms with van der Waals surface area (Å²) in [5.41, 5.74) is 1.30. The Labute approximate surface area is 190 Å². The molecule has 1 saturated heterocycles. The summed E-state index contributed by atoms with van der Waals surface area (Å²) in [5, 5.41) is 20.4. The third kappa shape index (κ3) is 4.92. The van der Waals surface area contributed by atoms with Gasteiger partial charge < -0.3 is 19.7 Å². The van der Waals surface area contributed by atoms with Crippen molar-refractivity contribution < 1.29 is 29.3 Å². The van der Waals surface area contributed by atoms with Gasteiger partial charge in [-0.25, -0.2) is 9.79 Å². The van der Waals surface area contributed by atoms with Crippen molar-refractivity contribution in [1.29, 1.82) is 0 Å². The Morgan fingerprint density at radius 2 is 1.94 bits per heavy atom. The molecule has 1 amide bonds. The summed E-state index contributed by atoms with van der Waals surface area (Å²) < 4.78 is 10.7. The second-order valence-electron chi connectivity index (χ2n) is 7.01. The fourth-order valence-electron chi connectivity index (χ4n) is 3.17. The normalized spacial score (nSPS) is 19.5. The van der Waals surface area contributed by atoms with E-state index in [0.717, 1.165) is 0 Å². The lowest BCUT2D eigenvalue weighted by atomic mass is 10.1. The SMILES string of the molecule is CCN1C(=O)/C(=C/c2ccc(O[C@H](C)C(=O)O)c(OC)c2)[C@H](O)C1=Nc1ccc(Cl)cc1. The van der Waals surface area contributed by atoms with Crippen molar-refractivity contribution in [1.82, 2.24) is 4.90 Å². The third-order valence-corrected chi connectivity index (χ3v) is 5.11. The van der Waals surface area contributed by atoms with Gasteiger partial charge in [-0.2, -0.15) is 0 Å². The Balaban J connectivity index is 1.94. The Kier molecular flexibility index (Phi) is 7.17. The number of rotatable bonds is 7. The molecule has 2 atom stereocenters. The van der Waals surface area contributed by atoms with Gasteiger partial charge in [-0.1, -0.05) is 17.7 Å². The maximum atomic E-state index is 12.9. The summed E-state index contributed by atoms with van der Waals surface area (Å²) in [4.78, 5) is 29.8. The molecule has 1 fully saturated rings. The third-order valence-electron chi connectivity index (χ3n) is 4.86. The van der Waals surface area contributed by atoms with E-state index in [1.54, 1.807) is 55.5 Å². The minimum Gasteiger partial charge on any atom is -0.493 e. The van der Waals surface area contributed by atoms with E-state index < -0.39 is 18.2 Å². The Bertz CT molecular complexity index is 1080. The van der Waals surface area contributed by atoms with Gasteiger partial charge in [-0.05, 0) is 61.9 Å². The van der Waals surface area contributed by atoms with Gasteiger partial charge in [0.1, 0.15) is 11.9 Å². The predicted octanol–water partition coefficient (Wildman–Crippen LogP) is 3.54. The molecule has 0 saturated carbocycles. The molecule has 0 radical (unpaired) electrons. The lowest BCUT2D eigenvalue weighted by Crippen LogP contribution is -2.31. The van der Waals surface area contributed by atoms with Crippen molar-refractivity contribution >= 4 is 41.1 Å². The zero-order valence-corrected chi connectivity index (χ0v) is 18.5. The summed E-state index contributed by atoms with van der Waals surface area (Å²) in [6, 6.07) is 11.5. The molecule has 2 aromatic rings. The lowest BCUT2D eigenvalue weighted by molar-refractivity contribution is -0.144. The second kappa shape index (κ2) is 9.84. The maximum Gasteiger partial charge on any atom is 0.344 e. The van der Waals surface area contributed by atoms with Gasteiger partial charge in [0.05, 0.1) is 18.4 Å². The van der Waals surface area contributed by atoms with E-state index in [1.165, 1.54) is 18.9 Å². The molecule has 168 valence electrons. The minimum atomic E-state index is -1.22. The van der Waals surface area contributed by atoms with Crippen molar-refractivity contribution in [3.05, 3.63) is 58.6 Å². The molecule has 3 rings (SSSR count). The molecule has 1 aliphatic rings. The molecule has 9 heteroatoms. The maximum absolute atomic E-state index is 12.9. The minimum absolute atomic E-state index is 0.161. The first kappa shape index (κ1) is 23.3. The topological polar surface area (TPSA) is 109 Å². The first-order chi connectivity index (χ1) is 15.2. The highest BCUT2D eigenvalue weighted by Crippen LogP contribution is 2.32. The summed E-state index contributed by atoms with van der Waals surface area (Å²) in [7, 11) is 1.43. The van der Waals surface area contributed by atoms with Gasteiger partial charge in [-0.3, -0.25) is 9.69 Å². The summed E-state index contributed by atoms with van der Waals surface area (Å²) in [6.07, 6.45) is -0.726. The number of likely N-dealkylation sites (tertiary alicyclic amines) is 1. The molecule has 0 aliphatic carbocycles. The average molecular weight is 459 g/mol. The van der Waals surface area contributed by atoms with Crippen molar-refractivity contribution in [2.24, 2.45) is 4.99 Å². The average Bonchev–Trinajstić information content (AvgIpc) is 2.99. The van der Waals surface area contributed by atoms with E-state index >= 15 is 0 Å². The molecular weight excluding hydrogens is 436 g/mol. The van der Waals surface area contributed by atoms with E-state index in [4.69, 9.17) is 26.2 Å². The smallest absolute Gasteiger partial charge is 0.344 e. The van der Waals surface area contributed by atoms with Gasteiger partial charge in [0.15, 0.2) is 17.6 Å². The first-order valence-electron chi connectivity index (χ1n) is 9.88. The van der Waals surface area contributed by atoms with Crippen molar-refractivity contribution in [3.63, 3.8) is 0 Å². The monoisotopic (exact) mass is 458 g/mol. The second-order valence-corrected chi connectivity index (χ2v) is 7.44. The van der Waals surface area contributed by atoms with E-state index in [2.05, 4.69) is 4.99 Å². The molecule has 8 nitrogen and oxygen atoms in total. The van der Waals surface area contributed by atoms with Crippen LogP contribution in [-0.2, 0) is 9.59 Å². The number of amidine groups is 1. The van der Waals surface area contributed by atoms with Gasteiger partial charge in [-0.15, -0.1) is 0 Å². The van der Waals surface area contributed by atoms with E-state index in [9.17, 15) is 14.7 Å². The lowest BCUT2D eigenvalue weighted by Gasteiger charge is -2.14. The van der Waals surface area contributed by atoms with Crippen LogP contribution in [0, 0.1) is 0 Å². The number of hydrogen-bond donors (Lipinski definition) is 2. The number of likely N-dealkylation sites (N-methyl/N-ethyl adjacent to an activating group) is 1. The van der Waals surface area contributed by atoms with Crippen LogP contribution in [0.2, 0.25) is 5.02 Å². The van der Waals surface area contributed by atoms with Crippen LogP contribution in [-0.4, -0.2) is 58.7 Å². The number of aliphatic imine (C=N–C) groups is 1. The van der Waals surface area contributed by atoms with Crippen LogP contribution >= 0.6 is 11.6 Å². The molecular formula is C23H23ClN2O6. The van der Waals surface area contributed by atoms with Crippen molar-refractivity contribution in [2.75, 3.05) is 13.7 Å². The zero-order chi connectivity index (χ0) is 23.4. The van der Waals surface area contributed by atoms with E-state index in [-0.39, 0.29) is 23.1 Å². The number of amides is 1. The Morgan fingerprint density at radius 3 is 2.53 bits per heavy atom. The number of hydrogen-bond acceptors (Lipinski definition) is 6. The first-order valence-corrected chi connectivity index (χ1v) is 10.3. The van der Waals surface area contributed by atoms with Gasteiger partial charge in [0.25, 0.3) is 5.91 Å². The molecule has 2 aromatic carbocycles. The van der Waals surface area contributed by atoms with Crippen molar-refractivity contribution in [3.8, 4) is 11.5 Å². The Hall–Kier alpha value is -3.36. The highest BCUT2D eigenvalue weighted by atomic mass is 35.5. The fourth-order valence-corrected chi connectivity index (χ4v) is 3.30. The Morgan fingerprint density at radius 1 is 1.25 bits per heavy atom. The number of aliphatic hydroxyl groups excluding tert-OH is 1. The van der Waals surface area contributed by atoms with Gasteiger partial charge >= 0.3 is 5.97 Å². The number of methoxy groups -OCH3 is 1. The summed E-state index contributed by atoms with van der Waals surface area (Å²) in [6.45, 7) is 3.54. The number of aliphatic hydroxyl groups is 1. The van der Waals surface area contributed by atoms with Crippen LogP contribution in [0.3, 0.4) is 0 Å². The zero-order valence-electron chi connectivity index (χ0n) is 17.8. The number of carbonyl (C=O) groups is 2. The van der Waals surface area contributed by atoms with E-state index in [0.29, 0.717) is 28.6 Å². The van der Waals surface area contributed by atoms with Crippen molar-refractivity contribution in [2.45, 2.75) is 26.1 Å². The van der Waals surface area contributed by atoms with Crippen LogP contribution < -0.4 is 9.47 Å². The quantitative estimate of drug-likeness (QED) is 0.614. The molecule has 0 bridgehead atoms. The number of carboxylic acid groups (broad SMARTS) is 1.